The van der Waals surface area contributed by atoms with E-state index in [1.54, 1.807) is 0 Å². The summed E-state index contributed by atoms with van der Waals surface area (Å²) in [4.78, 5) is 0. The number of rotatable bonds is 4. The van der Waals surface area contributed by atoms with Crippen molar-refractivity contribution in [3.8, 4) is 0 Å². The largest absolute Gasteiger partial charge is 0.453 e. The fraction of sp³-hybridized carbons (Fsp3) is 0.286. The van der Waals surface area contributed by atoms with E-state index in [4.69, 9.17) is 4.42 Å². The van der Waals surface area contributed by atoms with Crippen molar-refractivity contribution in [3.63, 3.8) is 0 Å². The molecule has 0 aliphatic carbocycles. The highest BCUT2D eigenvalue weighted by Gasteiger charge is 2.19. The van der Waals surface area contributed by atoms with Gasteiger partial charge < -0.3 is 9.73 Å². The molecule has 1 heterocycles. The quantitative estimate of drug-likeness (QED) is 0.831. The van der Waals surface area contributed by atoms with E-state index in [1.165, 1.54) is 5.56 Å². The van der Waals surface area contributed by atoms with Gasteiger partial charge in [-0.05, 0) is 59.6 Å². The molecule has 0 atom stereocenters. The van der Waals surface area contributed by atoms with Gasteiger partial charge >= 0.3 is 0 Å². The average molecular weight is 373 g/mol. The highest BCUT2D eigenvalue weighted by molar-refractivity contribution is 9.10. The maximum absolute atomic E-state index is 5.48. The lowest BCUT2D eigenvalue weighted by Gasteiger charge is -2.26. The minimum absolute atomic E-state index is 0.0973. The Kier molecular flexibility index (Phi) is 4.30. The van der Waals surface area contributed by atoms with Crippen LogP contribution in [0, 0.1) is 0 Å². The first-order valence-corrected chi connectivity index (χ1v) is 7.31. The highest BCUT2D eigenvalue weighted by atomic mass is 79.9. The van der Waals surface area contributed by atoms with Gasteiger partial charge in [0.15, 0.2) is 4.67 Å². The van der Waals surface area contributed by atoms with E-state index in [9.17, 15) is 0 Å². The van der Waals surface area contributed by atoms with Gasteiger partial charge in [-0.2, -0.15) is 0 Å². The van der Waals surface area contributed by atoms with E-state index >= 15 is 0 Å². The van der Waals surface area contributed by atoms with Crippen molar-refractivity contribution in [1.29, 1.82) is 0 Å². The zero-order chi connectivity index (χ0) is 13.2. The monoisotopic (exact) mass is 371 g/mol. The number of nitrogens with one attached hydrogen (secondary N) is 1. The minimum Gasteiger partial charge on any atom is -0.453 e. The molecule has 1 N–H and O–H groups in total. The van der Waals surface area contributed by atoms with Crippen LogP contribution in [0.3, 0.4) is 0 Å². The van der Waals surface area contributed by atoms with Gasteiger partial charge in [0, 0.05) is 10.0 Å². The van der Waals surface area contributed by atoms with E-state index in [2.05, 4.69) is 75.3 Å². The SMILES string of the molecule is CC(C)(NCc1ccc(Br)o1)c1ccc(Br)cc1. The maximum Gasteiger partial charge on any atom is 0.169 e. The van der Waals surface area contributed by atoms with E-state index in [0.717, 1.165) is 14.9 Å². The van der Waals surface area contributed by atoms with Crippen LogP contribution in [0.25, 0.3) is 0 Å². The van der Waals surface area contributed by atoms with Gasteiger partial charge in [0.25, 0.3) is 0 Å². The lowest BCUT2D eigenvalue weighted by atomic mass is 9.94. The Morgan fingerprint density at radius 3 is 2.28 bits per heavy atom. The molecule has 0 saturated heterocycles. The summed E-state index contributed by atoms with van der Waals surface area (Å²) in [6.45, 7) is 5.02. The molecule has 0 aliphatic rings. The zero-order valence-electron chi connectivity index (χ0n) is 10.3. The summed E-state index contributed by atoms with van der Waals surface area (Å²) >= 11 is 6.76. The molecule has 0 aliphatic heterocycles. The molecule has 2 rings (SSSR count). The van der Waals surface area contributed by atoms with Crippen LogP contribution in [0.2, 0.25) is 0 Å². The Morgan fingerprint density at radius 1 is 1.06 bits per heavy atom. The van der Waals surface area contributed by atoms with Gasteiger partial charge in [-0.15, -0.1) is 0 Å². The van der Waals surface area contributed by atoms with Crippen molar-refractivity contribution in [3.05, 3.63) is 56.9 Å². The summed E-state index contributed by atoms with van der Waals surface area (Å²) in [6.07, 6.45) is 0. The number of hydrogen-bond donors (Lipinski definition) is 1. The van der Waals surface area contributed by atoms with Crippen molar-refractivity contribution in [2.45, 2.75) is 25.9 Å². The molecular weight excluding hydrogens is 358 g/mol. The Hall–Kier alpha value is -0.580. The van der Waals surface area contributed by atoms with E-state index < -0.39 is 0 Å². The molecule has 0 fully saturated rings. The van der Waals surface area contributed by atoms with E-state index in [0.29, 0.717) is 6.54 Å². The summed E-state index contributed by atoms with van der Waals surface area (Å²) < 4.78 is 7.34. The third-order valence-electron chi connectivity index (χ3n) is 2.90. The van der Waals surface area contributed by atoms with Crippen LogP contribution < -0.4 is 5.32 Å². The smallest absolute Gasteiger partial charge is 0.169 e. The molecule has 0 unspecified atom stereocenters. The first-order chi connectivity index (χ1) is 8.47. The summed E-state index contributed by atoms with van der Waals surface area (Å²) in [5, 5.41) is 3.49. The van der Waals surface area contributed by atoms with Gasteiger partial charge in [-0.3, -0.25) is 0 Å². The molecule has 2 aromatic rings. The average Bonchev–Trinajstić information content (AvgIpc) is 2.73. The van der Waals surface area contributed by atoms with Crippen molar-refractivity contribution >= 4 is 31.9 Å². The fourth-order valence-corrected chi connectivity index (χ4v) is 2.33. The Bertz CT molecular complexity index is 517. The summed E-state index contributed by atoms with van der Waals surface area (Å²) in [7, 11) is 0. The second-order valence-corrected chi connectivity index (χ2v) is 6.39. The maximum atomic E-state index is 5.48. The Labute approximate surface area is 124 Å². The molecular formula is C14H15Br2NO. The number of benzene rings is 1. The van der Waals surface area contributed by atoms with Crippen molar-refractivity contribution in [2.75, 3.05) is 0 Å². The Balaban J connectivity index is 2.04. The number of hydrogen-bond acceptors (Lipinski definition) is 2. The van der Waals surface area contributed by atoms with Crippen LogP contribution >= 0.6 is 31.9 Å². The normalized spacial score (nSPS) is 11.8. The van der Waals surface area contributed by atoms with E-state index in [-0.39, 0.29) is 5.54 Å². The van der Waals surface area contributed by atoms with E-state index in [1.807, 2.05) is 12.1 Å². The molecule has 1 aromatic heterocycles. The summed E-state index contributed by atoms with van der Waals surface area (Å²) in [6, 6.07) is 12.2. The topological polar surface area (TPSA) is 25.2 Å². The summed E-state index contributed by atoms with van der Waals surface area (Å²) in [5.74, 6) is 0.923. The molecule has 0 bridgehead atoms. The zero-order valence-corrected chi connectivity index (χ0v) is 13.5. The van der Waals surface area contributed by atoms with Gasteiger partial charge in [-0.1, -0.05) is 28.1 Å². The first-order valence-electron chi connectivity index (χ1n) is 5.73. The van der Waals surface area contributed by atoms with Crippen LogP contribution in [0.5, 0.6) is 0 Å². The molecule has 0 amide bonds. The predicted octanol–water partition coefficient (Wildman–Crippen LogP) is 4.83. The fourth-order valence-electron chi connectivity index (χ4n) is 1.72. The van der Waals surface area contributed by atoms with Crippen LogP contribution in [-0.4, -0.2) is 0 Å². The van der Waals surface area contributed by atoms with Gasteiger partial charge in [0.1, 0.15) is 5.76 Å². The van der Waals surface area contributed by atoms with Crippen LogP contribution in [-0.2, 0) is 12.1 Å². The molecule has 96 valence electrons. The third kappa shape index (κ3) is 3.46. The van der Waals surface area contributed by atoms with Crippen LogP contribution in [0.1, 0.15) is 25.2 Å². The Morgan fingerprint density at radius 2 is 1.72 bits per heavy atom. The molecule has 0 spiro atoms. The molecule has 0 saturated carbocycles. The van der Waals surface area contributed by atoms with Crippen LogP contribution in [0.15, 0.2) is 50.0 Å². The lowest BCUT2D eigenvalue weighted by molar-refractivity contribution is 0.367. The number of furan rings is 1. The molecule has 2 nitrogen and oxygen atoms in total. The predicted molar refractivity (Wildman–Crippen MR) is 80.4 cm³/mol. The van der Waals surface area contributed by atoms with Crippen molar-refractivity contribution < 1.29 is 4.42 Å². The second kappa shape index (κ2) is 5.59. The summed E-state index contributed by atoms with van der Waals surface area (Å²) in [5.41, 5.74) is 1.15. The number of halogens is 2. The third-order valence-corrected chi connectivity index (χ3v) is 3.85. The highest BCUT2D eigenvalue weighted by Crippen LogP contribution is 2.23. The van der Waals surface area contributed by atoms with Gasteiger partial charge in [0.05, 0.1) is 6.54 Å². The van der Waals surface area contributed by atoms with Crippen molar-refractivity contribution in [1.82, 2.24) is 5.32 Å². The van der Waals surface area contributed by atoms with Crippen molar-refractivity contribution in [2.24, 2.45) is 0 Å². The van der Waals surface area contributed by atoms with Crippen LogP contribution in [0.4, 0.5) is 0 Å². The first kappa shape index (κ1) is 13.8. The molecule has 4 heteroatoms. The molecule has 18 heavy (non-hydrogen) atoms. The van der Waals surface area contributed by atoms with Gasteiger partial charge in [0.2, 0.25) is 0 Å². The molecule has 1 aromatic carbocycles. The second-order valence-electron chi connectivity index (χ2n) is 4.69. The lowest BCUT2D eigenvalue weighted by Crippen LogP contribution is -2.35. The molecule has 0 radical (unpaired) electrons. The van der Waals surface area contributed by atoms with Gasteiger partial charge in [-0.25, -0.2) is 0 Å². The standard InChI is InChI=1S/C14H15Br2NO/c1-14(2,10-3-5-11(15)6-4-10)17-9-12-7-8-13(16)18-12/h3-8,17H,9H2,1-2H3. The minimum atomic E-state index is -0.0973.